The summed E-state index contributed by atoms with van der Waals surface area (Å²) < 4.78 is 12.8. The Morgan fingerprint density at radius 1 is 1.06 bits per heavy atom. The molecule has 1 N–H and O–H groups in total. The van der Waals surface area contributed by atoms with E-state index >= 15 is 0 Å². The molecule has 0 aliphatic carbocycles. The summed E-state index contributed by atoms with van der Waals surface area (Å²) >= 11 is 0. The smallest absolute Gasteiger partial charge is 0.182 e. The monoisotopic (exact) mass is 230 g/mol. The second kappa shape index (κ2) is 4.18. The number of nitrogens with zero attached hydrogens (tertiary/aromatic N) is 3. The Morgan fingerprint density at radius 2 is 1.88 bits per heavy atom. The average Bonchev–Trinajstić information content (AvgIpc) is 2.39. The van der Waals surface area contributed by atoms with Crippen LogP contribution in [0, 0.1) is 5.82 Å². The van der Waals surface area contributed by atoms with Crippen molar-refractivity contribution in [1.29, 1.82) is 0 Å². The largest absolute Gasteiger partial charge is 0.311 e. The van der Waals surface area contributed by atoms with Gasteiger partial charge in [-0.2, -0.15) is 5.10 Å². The molecule has 0 saturated carbocycles. The van der Waals surface area contributed by atoms with E-state index in [9.17, 15) is 4.39 Å². The highest BCUT2D eigenvalue weighted by Gasteiger charge is 2.13. The lowest BCUT2D eigenvalue weighted by atomic mass is 10.1. The summed E-state index contributed by atoms with van der Waals surface area (Å²) in [7, 11) is 0. The van der Waals surface area contributed by atoms with E-state index in [0.717, 1.165) is 36.5 Å². The van der Waals surface area contributed by atoms with Gasteiger partial charge >= 0.3 is 0 Å². The van der Waals surface area contributed by atoms with Crippen molar-refractivity contribution in [2.24, 2.45) is 0 Å². The van der Waals surface area contributed by atoms with Crippen molar-refractivity contribution >= 4 is 0 Å². The zero-order chi connectivity index (χ0) is 11.7. The summed E-state index contributed by atoms with van der Waals surface area (Å²) in [6.07, 6.45) is 0.860. The minimum Gasteiger partial charge on any atom is -0.311 e. The van der Waals surface area contributed by atoms with Crippen LogP contribution in [0.4, 0.5) is 4.39 Å². The molecule has 3 rings (SSSR count). The molecule has 2 heterocycles. The summed E-state index contributed by atoms with van der Waals surface area (Å²) in [5.74, 6) is 0.286. The van der Waals surface area contributed by atoms with Gasteiger partial charge in [0.05, 0.1) is 11.4 Å². The molecule has 0 atom stereocenters. The minimum absolute atomic E-state index is 0.263. The number of hydrogen-bond acceptors (Lipinski definition) is 4. The van der Waals surface area contributed by atoms with Gasteiger partial charge in [0, 0.05) is 25.1 Å². The van der Waals surface area contributed by atoms with Crippen LogP contribution in [0.5, 0.6) is 0 Å². The van der Waals surface area contributed by atoms with Gasteiger partial charge in [-0.05, 0) is 24.3 Å². The molecule has 1 aromatic carbocycles. The van der Waals surface area contributed by atoms with E-state index in [1.807, 2.05) is 0 Å². The third-order valence-electron chi connectivity index (χ3n) is 2.77. The molecule has 17 heavy (non-hydrogen) atoms. The molecule has 1 aliphatic heterocycles. The molecule has 1 aliphatic rings. The maximum Gasteiger partial charge on any atom is 0.182 e. The molecule has 0 bridgehead atoms. The summed E-state index contributed by atoms with van der Waals surface area (Å²) in [4.78, 5) is 4.45. The fraction of sp³-hybridized carbons (Fsp3) is 0.250. The number of rotatable bonds is 1. The van der Waals surface area contributed by atoms with Crippen LogP contribution in [0.25, 0.3) is 11.4 Å². The second-order valence-corrected chi connectivity index (χ2v) is 3.96. The molecule has 2 aromatic rings. The molecule has 0 fully saturated rings. The number of halogens is 1. The predicted octanol–water partition coefficient (Wildman–Crippen LogP) is 1.32. The van der Waals surface area contributed by atoms with Crippen LogP contribution in [-0.4, -0.2) is 21.7 Å². The summed E-state index contributed by atoms with van der Waals surface area (Å²) in [5.41, 5.74) is 2.67. The van der Waals surface area contributed by atoms with Gasteiger partial charge in [0.25, 0.3) is 0 Å². The van der Waals surface area contributed by atoms with Crippen LogP contribution < -0.4 is 5.32 Å². The van der Waals surface area contributed by atoms with Gasteiger partial charge in [0.1, 0.15) is 5.82 Å². The Bertz CT molecular complexity index is 539. The lowest BCUT2D eigenvalue weighted by Gasteiger charge is -2.14. The van der Waals surface area contributed by atoms with Crippen molar-refractivity contribution in [3.05, 3.63) is 41.5 Å². The van der Waals surface area contributed by atoms with Crippen LogP contribution >= 0.6 is 0 Å². The number of nitrogens with one attached hydrogen (secondary N) is 1. The number of aromatic nitrogens is 3. The molecule has 0 unspecified atom stereocenters. The lowest BCUT2D eigenvalue weighted by Crippen LogP contribution is -2.26. The highest BCUT2D eigenvalue weighted by atomic mass is 19.1. The Hall–Kier alpha value is -1.88. The van der Waals surface area contributed by atoms with Crippen molar-refractivity contribution in [2.45, 2.75) is 13.0 Å². The zero-order valence-corrected chi connectivity index (χ0v) is 9.15. The second-order valence-electron chi connectivity index (χ2n) is 3.96. The standard InChI is InChI=1S/C12H11FN4/c13-9-3-1-8(2-4-9)12-15-11-7-14-6-5-10(11)16-17-12/h1-4,14H,5-7H2. The first-order chi connectivity index (χ1) is 8.33. The van der Waals surface area contributed by atoms with Gasteiger partial charge in [-0.1, -0.05) is 0 Å². The highest BCUT2D eigenvalue weighted by Crippen LogP contribution is 2.16. The SMILES string of the molecule is Fc1ccc(-c2nnc3c(n2)CNCC3)cc1. The zero-order valence-electron chi connectivity index (χ0n) is 9.15. The van der Waals surface area contributed by atoms with Crippen LogP contribution in [0.3, 0.4) is 0 Å². The molecule has 0 radical (unpaired) electrons. The van der Waals surface area contributed by atoms with E-state index in [-0.39, 0.29) is 5.82 Å². The molecular weight excluding hydrogens is 219 g/mol. The van der Waals surface area contributed by atoms with Gasteiger partial charge < -0.3 is 5.32 Å². The normalized spacial score (nSPS) is 14.4. The van der Waals surface area contributed by atoms with Crippen molar-refractivity contribution < 1.29 is 4.39 Å². The molecule has 86 valence electrons. The highest BCUT2D eigenvalue weighted by molar-refractivity contribution is 5.54. The molecular formula is C12H11FN4. The van der Waals surface area contributed by atoms with Gasteiger partial charge in [0.2, 0.25) is 0 Å². The molecule has 4 nitrogen and oxygen atoms in total. The third kappa shape index (κ3) is 2.01. The lowest BCUT2D eigenvalue weighted by molar-refractivity contribution is 0.601. The summed E-state index contributed by atoms with van der Waals surface area (Å²) in [5, 5.41) is 11.5. The van der Waals surface area contributed by atoms with Crippen molar-refractivity contribution in [1.82, 2.24) is 20.5 Å². The molecule has 0 saturated heterocycles. The number of fused-ring (bicyclic) bond motifs is 1. The Balaban J connectivity index is 2.01. The van der Waals surface area contributed by atoms with Gasteiger partial charge in [-0.3, -0.25) is 0 Å². The molecule has 5 heteroatoms. The van der Waals surface area contributed by atoms with E-state index in [1.54, 1.807) is 12.1 Å². The summed E-state index contributed by atoms with van der Waals surface area (Å²) in [6, 6.07) is 6.12. The Labute approximate surface area is 97.9 Å². The molecule has 0 amide bonds. The topological polar surface area (TPSA) is 50.7 Å². The van der Waals surface area contributed by atoms with E-state index in [0.29, 0.717) is 5.82 Å². The number of benzene rings is 1. The fourth-order valence-electron chi connectivity index (χ4n) is 1.85. The van der Waals surface area contributed by atoms with Gasteiger partial charge in [0.15, 0.2) is 5.82 Å². The van der Waals surface area contributed by atoms with E-state index in [2.05, 4.69) is 20.5 Å². The van der Waals surface area contributed by atoms with Crippen molar-refractivity contribution in [2.75, 3.05) is 6.54 Å². The van der Waals surface area contributed by atoms with Gasteiger partial charge in [-0.15, -0.1) is 5.10 Å². The maximum absolute atomic E-state index is 12.8. The first kappa shape index (κ1) is 10.3. The van der Waals surface area contributed by atoms with E-state index in [1.165, 1.54) is 12.1 Å². The first-order valence-corrected chi connectivity index (χ1v) is 5.52. The minimum atomic E-state index is -0.263. The quantitative estimate of drug-likeness (QED) is 0.802. The van der Waals surface area contributed by atoms with E-state index < -0.39 is 0 Å². The van der Waals surface area contributed by atoms with Gasteiger partial charge in [-0.25, -0.2) is 9.37 Å². The maximum atomic E-state index is 12.8. The fourth-order valence-corrected chi connectivity index (χ4v) is 1.85. The molecule has 0 spiro atoms. The van der Waals surface area contributed by atoms with Crippen LogP contribution in [-0.2, 0) is 13.0 Å². The van der Waals surface area contributed by atoms with Crippen molar-refractivity contribution in [3.8, 4) is 11.4 Å². The Morgan fingerprint density at radius 3 is 2.71 bits per heavy atom. The first-order valence-electron chi connectivity index (χ1n) is 5.52. The molecule has 1 aromatic heterocycles. The van der Waals surface area contributed by atoms with Crippen LogP contribution in [0.2, 0.25) is 0 Å². The van der Waals surface area contributed by atoms with Crippen LogP contribution in [0.1, 0.15) is 11.4 Å². The summed E-state index contributed by atoms with van der Waals surface area (Å²) in [6.45, 7) is 1.64. The average molecular weight is 230 g/mol. The number of hydrogen-bond donors (Lipinski definition) is 1. The van der Waals surface area contributed by atoms with Crippen LogP contribution in [0.15, 0.2) is 24.3 Å². The van der Waals surface area contributed by atoms with Crippen molar-refractivity contribution in [3.63, 3.8) is 0 Å². The Kier molecular flexibility index (Phi) is 2.53. The predicted molar refractivity (Wildman–Crippen MR) is 60.6 cm³/mol. The third-order valence-corrected chi connectivity index (χ3v) is 2.77. The van der Waals surface area contributed by atoms with E-state index in [4.69, 9.17) is 0 Å².